The molecule has 1 rings (SSSR count). The topological polar surface area (TPSA) is 12.0 Å². The van der Waals surface area contributed by atoms with Gasteiger partial charge in [0.05, 0.1) is 0 Å². The molecule has 1 atom stereocenters. The highest BCUT2D eigenvalue weighted by Crippen LogP contribution is 2.16. The Morgan fingerprint density at radius 1 is 1.47 bits per heavy atom. The number of rotatable bonds is 7. The third-order valence-electron chi connectivity index (χ3n) is 2.25. The molecule has 0 amide bonds. The van der Waals surface area contributed by atoms with Gasteiger partial charge in [-0.1, -0.05) is 6.92 Å². The van der Waals surface area contributed by atoms with Gasteiger partial charge in [0.1, 0.15) is 0 Å². The molecule has 0 bridgehead atoms. The summed E-state index contributed by atoms with van der Waals surface area (Å²) in [4.78, 5) is 2.91. The van der Waals surface area contributed by atoms with E-state index >= 15 is 0 Å². The van der Waals surface area contributed by atoms with Crippen LogP contribution in [0, 0.1) is 6.92 Å². The normalized spacial score (nSPS) is 13.0. The maximum absolute atomic E-state index is 3.56. The van der Waals surface area contributed by atoms with E-state index in [2.05, 4.69) is 38.2 Å². The third kappa shape index (κ3) is 5.59. The molecule has 15 heavy (non-hydrogen) atoms. The Hall–Kier alpha value is 0.01000. The fourth-order valence-electron chi connectivity index (χ4n) is 1.49. The summed E-state index contributed by atoms with van der Waals surface area (Å²) in [7, 11) is 0. The molecular weight excluding hydrogens is 222 g/mol. The van der Waals surface area contributed by atoms with Crippen LogP contribution < -0.4 is 5.32 Å². The fourth-order valence-corrected chi connectivity index (χ4v) is 3.06. The van der Waals surface area contributed by atoms with E-state index in [0.717, 1.165) is 13.0 Å². The average molecular weight is 243 g/mol. The summed E-state index contributed by atoms with van der Waals surface area (Å²) in [6.45, 7) is 7.78. The fraction of sp³-hybridized carbons (Fsp3) is 0.667. The van der Waals surface area contributed by atoms with Gasteiger partial charge in [0.25, 0.3) is 0 Å². The van der Waals surface area contributed by atoms with Crippen LogP contribution in [0.3, 0.4) is 0 Å². The summed E-state index contributed by atoms with van der Waals surface area (Å²) in [5.41, 5.74) is 0. The molecule has 0 saturated heterocycles. The van der Waals surface area contributed by atoms with E-state index in [4.69, 9.17) is 0 Å². The Labute approximate surface area is 102 Å². The molecule has 0 radical (unpaired) electrons. The third-order valence-corrected chi connectivity index (χ3v) is 4.17. The van der Waals surface area contributed by atoms with Crippen LogP contribution in [0.4, 0.5) is 0 Å². The van der Waals surface area contributed by atoms with Crippen molar-refractivity contribution in [2.45, 2.75) is 33.2 Å². The van der Waals surface area contributed by atoms with E-state index in [1.54, 1.807) is 0 Å². The number of hydrogen-bond acceptors (Lipinski definition) is 3. The number of nitrogens with one attached hydrogen (secondary N) is 1. The first-order chi connectivity index (χ1) is 7.22. The minimum atomic E-state index is 0.598. The van der Waals surface area contributed by atoms with Gasteiger partial charge in [0.15, 0.2) is 0 Å². The van der Waals surface area contributed by atoms with E-state index < -0.39 is 0 Å². The molecule has 1 unspecified atom stereocenters. The van der Waals surface area contributed by atoms with Gasteiger partial charge in [-0.25, -0.2) is 0 Å². The van der Waals surface area contributed by atoms with Gasteiger partial charge in [-0.05, 0) is 38.2 Å². The molecule has 1 nitrogen and oxygen atoms in total. The quantitative estimate of drug-likeness (QED) is 0.737. The maximum atomic E-state index is 3.56. The zero-order valence-electron chi connectivity index (χ0n) is 9.88. The van der Waals surface area contributed by atoms with Crippen LogP contribution in [0.15, 0.2) is 12.1 Å². The Balaban J connectivity index is 2.15. The second-order valence-corrected chi connectivity index (χ2v) is 6.53. The molecule has 3 heteroatoms. The van der Waals surface area contributed by atoms with Crippen molar-refractivity contribution >= 4 is 23.1 Å². The summed E-state index contributed by atoms with van der Waals surface area (Å²) >= 11 is 3.92. The number of hydrogen-bond donors (Lipinski definition) is 1. The molecule has 0 aliphatic carbocycles. The SMILES string of the molecule is CCSCCNC(C)Cc1ccc(C)s1. The molecule has 0 aliphatic rings. The van der Waals surface area contributed by atoms with Crippen LogP contribution in [-0.2, 0) is 6.42 Å². The first-order valence-electron chi connectivity index (χ1n) is 5.58. The van der Waals surface area contributed by atoms with E-state index in [9.17, 15) is 0 Å². The predicted octanol–water partition coefficient (Wildman–Crippen LogP) is 3.33. The number of aryl methyl sites for hydroxylation is 1. The summed E-state index contributed by atoms with van der Waals surface area (Å²) in [6, 6.07) is 5.05. The van der Waals surface area contributed by atoms with Gasteiger partial charge in [-0.2, -0.15) is 11.8 Å². The number of thioether (sulfide) groups is 1. The predicted molar refractivity (Wildman–Crippen MR) is 73.2 cm³/mol. The first kappa shape index (κ1) is 13.1. The molecule has 1 aromatic rings. The Kier molecular flexibility index (Phi) is 6.37. The summed E-state index contributed by atoms with van der Waals surface area (Å²) in [6.07, 6.45) is 1.16. The van der Waals surface area contributed by atoms with Crippen molar-refractivity contribution in [3.05, 3.63) is 21.9 Å². The lowest BCUT2D eigenvalue weighted by Gasteiger charge is -2.12. The average Bonchev–Trinajstić information content (AvgIpc) is 2.59. The van der Waals surface area contributed by atoms with Gasteiger partial charge in [0, 0.05) is 28.1 Å². The molecule has 0 spiro atoms. The van der Waals surface area contributed by atoms with Crippen molar-refractivity contribution in [1.29, 1.82) is 0 Å². The van der Waals surface area contributed by atoms with Crippen molar-refractivity contribution in [2.24, 2.45) is 0 Å². The zero-order valence-corrected chi connectivity index (χ0v) is 11.5. The van der Waals surface area contributed by atoms with Crippen molar-refractivity contribution in [2.75, 3.05) is 18.1 Å². The summed E-state index contributed by atoms with van der Waals surface area (Å²) in [5.74, 6) is 2.45. The largest absolute Gasteiger partial charge is 0.313 e. The van der Waals surface area contributed by atoms with Crippen molar-refractivity contribution in [1.82, 2.24) is 5.32 Å². The van der Waals surface area contributed by atoms with E-state index in [0.29, 0.717) is 6.04 Å². The lowest BCUT2D eigenvalue weighted by molar-refractivity contribution is 0.571. The van der Waals surface area contributed by atoms with Crippen molar-refractivity contribution in [3.8, 4) is 0 Å². The van der Waals surface area contributed by atoms with Crippen molar-refractivity contribution < 1.29 is 0 Å². The van der Waals surface area contributed by atoms with Crippen LogP contribution in [0.5, 0.6) is 0 Å². The highest BCUT2D eigenvalue weighted by Gasteiger charge is 2.04. The smallest absolute Gasteiger partial charge is 0.00873 e. The van der Waals surface area contributed by atoms with Gasteiger partial charge in [-0.15, -0.1) is 11.3 Å². The lowest BCUT2D eigenvalue weighted by atomic mass is 10.2. The second-order valence-electron chi connectivity index (χ2n) is 3.77. The molecule has 0 aromatic carbocycles. The molecule has 0 fully saturated rings. The van der Waals surface area contributed by atoms with E-state index in [1.807, 2.05) is 23.1 Å². The van der Waals surface area contributed by atoms with E-state index in [1.165, 1.54) is 21.3 Å². The van der Waals surface area contributed by atoms with Gasteiger partial charge in [-0.3, -0.25) is 0 Å². The van der Waals surface area contributed by atoms with Crippen LogP contribution >= 0.6 is 23.1 Å². The number of thiophene rings is 1. The Morgan fingerprint density at radius 3 is 2.87 bits per heavy atom. The Morgan fingerprint density at radius 2 is 2.27 bits per heavy atom. The minimum Gasteiger partial charge on any atom is -0.313 e. The standard InChI is InChI=1S/C12H21NS2/c1-4-14-8-7-13-10(2)9-12-6-5-11(3)15-12/h5-6,10,13H,4,7-9H2,1-3H3. The molecule has 1 heterocycles. The molecule has 1 aromatic heterocycles. The zero-order chi connectivity index (χ0) is 11.1. The van der Waals surface area contributed by atoms with Gasteiger partial charge < -0.3 is 5.32 Å². The summed E-state index contributed by atoms with van der Waals surface area (Å²) in [5, 5.41) is 3.56. The molecule has 1 N–H and O–H groups in total. The Bertz CT molecular complexity index is 270. The van der Waals surface area contributed by atoms with Crippen molar-refractivity contribution in [3.63, 3.8) is 0 Å². The van der Waals surface area contributed by atoms with Gasteiger partial charge in [0.2, 0.25) is 0 Å². The first-order valence-corrected chi connectivity index (χ1v) is 7.56. The van der Waals surface area contributed by atoms with Crippen LogP contribution in [0.25, 0.3) is 0 Å². The molecule has 0 saturated carbocycles. The summed E-state index contributed by atoms with van der Waals surface area (Å²) < 4.78 is 0. The second kappa shape index (κ2) is 7.31. The van der Waals surface area contributed by atoms with Crippen LogP contribution in [0.1, 0.15) is 23.6 Å². The van der Waals surface area contributed by atoms with Gasteiger partial charge >= 0.3 is 0 Å². The molecule has 86 valence electrons. The van der Waals surface area contributed by atoms with Crippen LogP contribution in [-0.4, -0.2) is 24.1 Å². The molecule has 0 aliphatic heterocycles. The van der Waals surface area contributed by atoms with E-state index in [-0.39, 0.29) is 0 Å². The highest BCUT2D eigenvalue weighted by molar-refractivity contribution is 7.99. The highest BCUT2D eigenvalue weighted by atomic mass is 32.2. The monoisotopic (exact) mass is 243 g/mol. The molecular formula is C12H21NS2. The van der Waals surface area contributed by atoms with Crippen LogP contribution in [0.2, 0.25) is 0 Å². The lowest BCUT2D eigenvalue weighted by Crippen LogP contribution is -2.29. The minimum absolute atomic E-state index is 0.598. The maximum Gasteiger partial charge on any atom is 0.00873 e.